The molecular weight excluding hydrogens is 695 g/mol. The zero-order valence-electron chi connectivity index (χ0n) is 25.5. The second-order valence-corrected chi connectivity index (χ2v) is 13.1. The summed E-state index contributed by atoms with van der Waals surface area (Å²) in [5.74, 6) is -54.9. The lowest BCUT2D eigenvalue weighted by Crippen LogP contribution is -2.74. The fraction of sp³-hybridized carbons (Fsp3) is 0.806. The van der Waals surface area contributed by atoms with Gasteiger partial charge in [-0.3, -0.25) is 0 Å². The molecule has 2 fully saturated rings. The summed E-state index contributed by atoms with van der Waals surface area (Å²) in [7, 11) is 0. The largest absolute Gasteiger partial charge is 0.460 e. The predicted octanol–water partition coefficient (Wildman–Crippen LogP) is 12.8. The zero-order chi connectivity index (χ0) is 36.8. The van der Waals surface area contributed by atoms with Gasteiger partial charge in [0, 0.05) is 5.56 Å². The number of alkyl halides is 17. The summed E-state index contributed by atoms with van der Waals surface area (Å²) >= 11 is 0. The maximum Gasteiger partial charge on any atom is 0.460 e. The van der Waals surface area contributed by atoms with Gasteiger partial charge in [-0.05, 0) is 54.9 Å². The number of benzene rings is 1. The van der Waals surface area contributed by atoms with Crippen molar-refractivity contribution in [2.45, 2.75) is 138 Å². The SMILES string of the molecule is CCCC1CCC(CCC2CCC(c3ccc(C(F)(F)C(F)(F)C(F)(F)C(F)(F)C(F)(F)C(F)(F)C(F)(F)C(F)(F)F)cc3)CC2)CC1. The Labute approximate surface area is 265 Å². The molecule has 0 heterocycles. The maximum absolute atomic E-state index is 14.7. The van der Waals surface area contributed by atoms with Crippen molar-refractivity contribution in [3.05, 3.63) is 35.4 Å². The smallest absolute Gasteiger partial charge is 0.194 e. The van der Waals surface area contributed by atoms with Gasteiger partial charge in [0.05, 0.1) is 0 Å². The van der Waals surface area contributed by atoms with Crippen LogP contribution in [0.1, 0.15) is 101 Å². The van der Waals surface area contributed by atoms with Gasteiger partial charge in [-0.2, -0.15) is 74.6 Å². The molecule has 0 aromatic heterocycles. The second-order valence-electron chi connectivity index (χ2n) is 13.1. The van der Waals surface area contributed by atoms with Crippen LogP contribution in [0.5, 0.6) is 0 Å². The van der Waals surface area contributed by atoms with E-state index < -0.39 is 53.2 Å². The molecule has 1 aromatic rings. The first-order chi connectivity index (χ1) is 21.7. The average molecular weight is 731 g/mol. The van der Waals surface area contributed by atoms with Gasteiger partial charge in [0.2, 0.25) is 0 Å². The summed E-state index contributed by atoms with van der Waals surface area (Å²) < 4.78 is 232. The second kappa shape index (κ2) is 13.6. The van der Waals surface area contributed by atoms with E-state index in [9.17, 15) is 74.6 Å². The van der Waals surface area contributed by atoms with Crippen molar-refractivity contribution in [1.82, 2.24) is 0 Å². The topological polar surface area (TPSA) is 0 Å². The number of halogens is 17. The van der Waals surface area contributed by atoms with E-state index in [1.807, 2.05) is 0 Å². The van der Waals surface area contributed by atoms with Gasteiger partial charge in [-0.15, -0.1) is 0 Å². The van der Waals surface area contributed by atoms with Crippen molar-refractivity contribution in [3.63, 3.8) is 0 Å². The zero-order valence-corrected chi connectivity index (χ0v) is 25.5. The van der Waals surface area contributed by atoms with Crippen LogP contribution in [0.2, 0.25) is 0 Å². The highest BCUT2D eigenvalue weighted by atomic mass is 19.4. The van der Waals surface area contributed by atoms with Crippen LogP contribution in [0.4, 0.5) is 74.6 Å². The van der Waals surface area contributed by atoms with E-state index in [-0.39, 0.29) is 23.6 Å². The number of hydrogen-bond donors (Lipinski definition) is 0. The molecule has 0 N–H and O–H groups in total. The quantitative estimate of drug-likeness (QED) is 0.177. The molecule has 48 heavy (non-hydrogen) atoms. The Morgan fingerprint density at radius 2 is 0.771 bits per heavy atom. The molecule has 0 bridgehead atoms. The molecule has 17 heteroatoms. The molecule has 0 aliphatic heterocycles. The summed E-state index contributed by atoms with van der Waals surface area (Å²) in [5.41, 5.74) is -1.90. The Morgan fingerprint density at radius 1 is 0.438 bits per heavy atom. The van der Waals surface area contributed by atoms with E-state index in [4.69, 9.17) is 0 Å². The van der Waals surface area contributed by atoms with Gasteiger partial charge < -0.3 is 0 Å². The maximum atomic E-state index is 14.7. The van der Waals surface area contributed by atoms with E-state index in [1.165, 1.54) is 32.1 Å². The van der Waals surface area contributed by atoms with Crippen LogP contribution in [0.25, 0.3) is 0 Å². The first-order valence-electron chi connectivity index (χ1n) is 15.5. The van der Waals surface area contributed by atoms with Crippen molar-refractivity contribution in [2.75, 3.05) is 0 Å². The van der Waals surface area contributed by atoms with Crippen molar-refractivity contribution >= 4 is 0 Å². The monoisotopic (exact) mass is 730 g/mol. The summed E-state index contributed by atoms with van der Waals surface area (Å²) in [5, 5.41) is 0. The van der Waals surface area contributed by atoms with Crippen LogP contribution in [0.3, 0.4) is 0 Å². The Balaban J connectivity index is 1.71. The minimum atomic E-state index is -8.63. The average Bonchev–Trinajstić information content (AvgIpc) is 3.00. The summed E-state index contributed by atoms with van der Waals surface area (Å²) in [6.45, 7) is 2.16. The third-order valence-corrected chi connectivity index (χ3v) is 9.96. The molecule has 2 aliphatic rings. The lowest BCUT2D eigenvalue weighted by atomic mass is 9.74. The molecule has 0 atom stereocenters. The van der Waals surface area contributed by atoms with Gasteiger partial charge in [-0.25, -0.2) is 0 Å². The molecule has 0 unspecified atom stereocenters. The minimum absolute atomic E-state index is 0.100. The molecule has 2 aliphatic carbocycles. The van der Waals surface area contributed by atoms with Gasteiger partial charge in [0.1, 0.15) is 0 Å². The van der Waals surface area contributed by atoms with E-state index in [1.54, 1.807) is 0 Å². The normalized spacial score (nSPS) is 24.5. The summed E-state index contributed by atoms with van der Waals surface area (Å²) in [6, 6.07) is 1.76. The highest BCUT2D eigenvalue weighted by Gasteiger charge is 2.95. The molecule has 0 nitrogen and oxygen atoms in total. The van der Waals surface area contributed by atoms with Crippen molar-refractivity contribution in [2.24, 2.45) is 17.8 Å². The number of rotatable bonds is 13. The van der Waals surface area contributed by atoms with Crippen LogP contribution >= 0.6 is 0 Å². The molecule has 0 radical (unpaired) electrons. The van der Waals surface area contributed by atoms with Gasteiger partial charge in [0.25, 0.3) is 0 Å². The lowest BCUT2D eigenvalue weighted by molar-refractivity contribution is -0.462. The Morgan fingerprint density at radius 3 is 1.15 bits per heavy atom. The standard InChI is InChI=1S/C31H35F17/c1-2-3-18-4-6-19(7-5-18)8-9-20-10-12-21(13-11-20)22-14-16-23(17-15-22)24(32,33)25(34,35)26(36,37)27(38,39)28(40,41)29(42,43)30(44,45)31(46,47)48/h14-21H,2-13H2,1H3. The predicted molar refractivity (Wildman–Crippen MR) is 140 cm³/mol. The molecule has 0 amide bonds. The molecule has 278 valence electrons. The van der Waals surface area contributed by atoms with Crippen LogP contribution < -0.4 is 0 Å². The fourth-order valence-electron chi connectivity index (χ4n) is 6.78. The van der Waals surface area contributed by atoms with Crippen molar-refractivity contribution in [3.8, 4) is 0 Å². The van der Waals surface area contributed by atoms with Gasteiger partial charge in [0.15, 0.2) is 0 Å². The Bertz CT molecular complexity index is 1190. The third kappa shape index (κ3) is 6.86. The van der Waals surface area contributed by atoms with Crippen LogP contribution in [0.15, 0.2) is 24.3 Å². The Kier molecular flexibility index (Phi) is 11.5. The van der Waals surface area contributed by atoms with Crippen molar-refractivity contribution in [1.29, 1.82) is 0 Å². The first-order valence-corrected chi connectivity index (χ1v) is 15.5. The lowest BCUT2D eigenvalue weighted by Gasteiger charge is -2.42. The molecule has 3 rings (SSSR count). The van der Waals surface area contributed by atoms with Gasteiger partial charge in [-0.1, -0.05) is 82.6 Å². The van der Waals surface area contributed by atoms with E-state index >= 15 is 0 Å². The highest BCUT2D eigenvalue weighted by Crippen LogP contribution is 2.65. The van der Waals surface area contributed by atoms with Gasteiger partial charge >= 0.3 is 47.6 Å². The molecule has 0 spiro atoms. The van der Waals surface area contributed by atoms with E-state index in [0.29, 0.717) is 24.7 Å². The Hall–Kier alpha value is -1.97. The van der Waals surface area contributed by atoms with Crippen LogP contribution in [0, 0.1) is 17.8 Å². The summed E-state index contributed by atoms with van der Waals surface area (Å²) in [4.78, 5) is 0. The summed E-state index contributed by atoms with van der Waals surface area (Å²) in [6.07, 6.45) is 3.93. The van der Waals surface area contributed by atoms with Crippen molar-refractivity contribution < 1.29 is 74.6 Å². The minimum Gasteiger partial charge on any atom is -0.194 e. The molecule has 2 saturated carbocycles. The number of hydrogen-bond acceptors (Lipinski definition) is 0. The van der Waals surface area contributed by atoms with Crippen LogP contribution in [-0.4, -0.2) is 41.7 Å². The highest BCUT2D eigenvalue weighted by molar-refractivity contribution is 5.31. The van der Waals surface area contributed by atoms with E-state index in [2.05, 4.69) is 6.92 Å². The molecular formula is C31H35F17. The van der Waals surface area contributed by atoms with Crippen LogP contribution in [-0.2, 0) is 5.92 Å². The first kappa shape index (κ1) is 40.5. The third-order valence-electron chi connectivity index (χ3n) is 9.96. The van der Waals surface area contributed by atoms with E-state index in [0.717, 1.165) is 50.2 Å². The fourth-order valence-corrected chi connectivity index (χ4v) is 6.78. The molecule has 0 saturated heterocycles. The molecule has 1 aromatic carbocycles.